The molecular weight excluding hydrogens is 299 g/mol. The van der Waals surface area contributed by atoms with E-state index in [0.29, 0.717) is 27.0 Å². The van der Waals surface area contributed by atoms with E-state index in [2.05, 4.69) is 5.32 Å². The summed E-state index contributed by atoms with van der Waals surface area (Å²) in [5.74, 6) is 0.179. The van der Waals surface area contributed by atoms with Crippen molar-refractivity contribution in [2.45, 2.75) is 0 Å². The van der Waals surface area contributed by atoms with Gasteiger partial charge in [0.05, 0.1) is 28.4 Å². The van der Waals surface area contributed by atoms with Crippen molar-refractivity contribution in [1.29, 1.82) is 0 Å². The average Bonchev–Trinajstić information content (AvgIpc) is 2.42. The highest BCUT2D eigenvalue weighted by atomic mass is 35.5. The first kappa shape index (κ1) is 14.5. The summed E-state index contributed by atoms with van der Waals surface area (Å²) < 4.78 is 5.04. The van der Waals surface area contributed by atoms with Gasteiger partial charge < -0.3 is 15.8 Å². The number of ether oxygens (including phenoxy) is 1. The summed E-state index contributed by atoms with van der Waals surface area (Å²) >= 11 is 11.9. The minimum atomic E-state index is -0.355. The third-order valence-corrected chi connectivity index (χ3v) is 3.33. The van der Waals surface area contributed by atoms with Crippen LogP contribution in [0.4, 0.5) is 11.4 Å². The van der Waals surface area contributed by atoms with Crippen LogP contribution in [0.15, 0.2) is 36.4 Å². The number of benzene rings is 2. The fourth-order valence-electron chi connectivity index (χ4n) is 1.68. The number of carbonyl (C=O) groups is 1. The van der Waals surface area contributed by atoms with E-state index in [-0.39, 0.29) is 11.6 Å². The second-order valence-corrected chi connectivity index (χ2v) is 4.82. The van der Waals surface area contributed by atoms with Crippen LogP contribution in [0.1, 0.15) is 10.4 Å². The molecule has 0 saturated carbocycles. The molecular formula is C14H12Cl2N2O2. The molecule has 1 amide bonds. The fourth-order valence-corrected chi connectivity index (χ4v) is 2.11. The fraction of sp³-hybridized carbons (Fsp3) is 0.0714. The molecule has 0 fully saturated rings. The lowest BCUT2D eigenvalue weighted by Crippen LogP contribution is -2.14. The largest absolute Gasteiger partial charge is 0.495 e. The normalized spacial score (nSPS) is 10.2. The highest BCUT2D eigenvalue weighted by Gasteiger charge is 2.12. The molecule has 0 aliphatic carbocycles. The van der Waals surface area contributed by atoms with E-state index >= 15 is 0 Å². The van der Waals surface area contributed by atoms with Crippen molar-refractivity contribution in [2.24, 2.45) is 0 Å². The van der Waals surface area contributed by atoms with Crippen molar-refractivity contribution in [3.8, 4) is 5.75 Å². The maximum absolute atomic E-state index is 12.1. The number of halogens is 2. The number of rotatable bonds is 3. The molecule has 0 unspecified atom stereocenters. The van der Waals surface area contributed by atoms with Gasteiger partial charge in [0.15, 0.2) is 0 Å². The van der Waals surface area contributed by atoms with Crippen molar-refractivity contribution in [1.82, 2.24) is 0 Å². The highest BCUT2D eigenvalue weighted by molar-refractivity contribution is 6.34. The van der Waals surface area contributed by atoms with E-state index in [1.165, 1.54) is 7.11 Å². The Labute approximate surface area is 126 Å². The average molecular weight is 311 g/mol. The molecule has 104 valence electrons. The van der Waals surface area contributed by atoms with E-state index in [4.69, 9.17) is 33.7 Å². The Morgan fingerprint density at radius 3 is 2.60 bits per heavy atom. The van der Waals surface area contributed by atoms with Crippen LogP contribution in [0.5, 0.6) is 5.75 Å². The smallest absolute Gasteiger partial charge is 0.257 e. The van der Waals surface area contributed by atoms with Crippen LogP contribution in [0, 0.1) is 0 Å². The number of hydrogen-bond donors (Lipinski definition) is 2. The molecule has 0 heterocycles. The maximum Gasteiger partial charge on any atom is 0.257 e. The van der Waals surface area contributed by atoms with Crippen LogP contribution in [-0.4, -0.2) is 13.0 Å². The van der Waals surface area contributed by atoms with Gasteiger partial charge in [-0.1, -0.05) is 29.3 Å². The molecule has 0 saturated heterocycles. The quantitative estimate of drug-likeness (QED) is 0.847. The van der Waals surface area contributed by atoms with Gasteiger partial charge in [0.2, 0.25) is 0 Å². The lowest BCUT2D eigenvalue weighted by Gasteiger charge is -2.10. The van der Waals surface area contributed by atoms with Gasteiger partial charge in [-0.15, -0.1) is 0 Å². The molecule has 6 heteroatoms. The summed E-state index contributed by atoms with van der Waals surface area (Å²) in [4.78, 5) is 12.1. The molecule has 4 nitrogen and oxygen atoms in total. The van der Waals surface area contributed by atoms with Gasteiger partial charge in [-0.05, 0) is 30.3 Å². The van der Waals surface area contributed by atoms with Crippen molar-refractivity contribution >= 4 is 40.5 Å². The standard InChI is InChI=1S/C14H12Cl2N2O2/c1-20-12-6-5-8(7-11(12)16)18-14(19)9-3-2-4-10(15)13(9)17/h2-7H,17H2,1H3,(H,18,19). The number of hydrogen-bond acceptors (Lipinski definition) is 3. The molecule has 0 aliphatic heterocycles. The Hall–Kier alpha value is -1.91. The zero-order valence-corrected chi connectivity index (χ0v) is 12.1. The van der Waals surface area contributed by atoms with Gasteiger partial charge in [-0.3, -0.25) is 4.79 Å². The van der Waals surface area contributed by atoms with Crippen LogP contribution in [0.2, 0.25) is 10.0 Å². The molecule has 2 rings (SSSR count). The minimum Gasteiger partial charge on any atom is -0.495 e. The molecule has 0 aliphatic rings. The van der Waals surface area contributed by atoms with Crippen LogP contribution < -0.4 is 15.8 Å². The third kappa shape index (κ3) is 2.98. The molecule has 0 atom stereocenters. The second-order valence-electron chi connectivity index (χ2n) is 4.00. The van der Waals surface area contributed by atoms with Gasteiger partial charge in [0.1, 0.15) is 5.75 Å². The van der Waals surface area contributed by atoms with E-state index in [9.17, 15) is 4.79 Å². The summed E-state index contributed by atoms with van der Waals surface area (Å²) in [5.41, 5.74) is 6.87. The molecule has 20 heavy (non-hydrogen) atoms. The zero-order valence-electron chi connectivity index (χ0n) is 10.6. The molecule has 2 aromatic rings. The molecule has 0 aromatic heterocycles. The first-order valence-electron chi connectivity index (χ1n) is 5.72. The Balaban J connectivity index is 2.24. The lowest BCUT2D eigenvalue weighted by atomic mass is 10.1. The van der Waals surface area contributed by atoms with Crippen molar-refractivity contribution < 1.29 is 9.53 Å². The van der Waals surface area contributed by atoms with Gasteiger partial charge in [-0.2, -0.15) is 0 Å². The van der Waals surface area contributed by atoms with Gasteiger partial charge in [-0.25, -0.2) is 0 Å². The van der Waals surface area contributed by atoms with Gasteiger partial charge >= 0.3 is 0 Å². The number of nitrogens with two attached hydrogens (primary N) is 1. The molecule has 0 bridgehead atoms. The highest BCUT2D eigenvalue weighted by Crippen LogP contribution is 2.28. The number of anilines is 2. The Morgan fingerprint density at radius 2 is 1.95 bits per heavy atom. The summed E-state index contributed by atoms with van der Waals surface area (Å²) in [7, 11) is 1.52. The molecule has 3 N–H and O–H groups in total. The lowest BCUT2D eigenvalue weighted by molar-refractivity contribution is 0.102. The number of carbonyl (C=O) groups excluding carboxylic acids is 1. The first-order chi connectivity index (χ1) is 9.52. The van der Waals surface area contributed by atoms with Crippen LogP contribution in [0.25, 0.3) is 0 Å². The van der Waals surface area contributed by atoms with Crippen LogP contribution in [0.3, 0.4) is 0 Å². The SMILES string of the molecule is COc1ccc(NC(=O)c2cccc(Cl)c2N)cc1Cl. The topological polar surface area (TPSA) is 64.3 Å². The predicted molar refractivity (Wildman–Crippen MR) is 81.8 cm³/mol. The van der Waals surface area contributed by atoms with E-state index in [1.807, 2.05) is 0 Å². The number of amides is 1. The first-order valence-corrected chi connectivity index (χ1v) is 6.47. The number of nitrogens with one attached hydrogen (secondary N) is 1. The van der Waals surface area contributed by atoms with E-state index < -0.39 is 0 Å². The molecule has 0 spiro atoms. The van der Waals surface area contributed by atoms with Gasteiger partial charge in [0, 0.05) is 5.69 Å². The van der Waals surface area contributed by atoms with Crippen molar-refractivity contribution in [3.63, 3.8) is 0 Å². The number of nitrogen functional groups attached to an aromatic ring is 1. The molecule has 0 radical (unpaired) electrons. The van der Waals surface area contributed by atoms with E-state index in [1.54, 1.807) is 36.4 Å². The van der Waals surface area contributed by atoms with E-state index in [0.717, 1.165) is 0 Å². The van der Waals surface area contributed by atoms with Crippen molar-refractivity contribution in [3.05, 3.63) is 52.0 Å². The van der Waals surface area contributed by atoms with Crippen molar-refractivity contribution in [2.75, 3.05) is 18.2 Å². The number of methoxy groups -OCH3 is 1. The summed E-state index contributed by atoms with van der Waals surface area (Å²) in [6.07, 6.45) is 0. The van der Waals surface area contributed by atoms with Gasteiger partial charge in [0.25, 0.3) is 5.91 Å². The summed E-state index contributed by atoms with van der Waals surface area (Å²) in [5, 5.41) is 3.45. The van der Waals surface area contributed by atoms with Crippen LogP contribution in [-0.2, 0) is 0 Å². The monoisotopic (exact) mass is 310 g/mol. The minimum absolute atomic E-state index is 0.242. The predicted octanol–water partition coefficient (Wildman–Crippen LogP) is 3.84. The second kappa shape index (κ2) is 6.03. The third-order valence-electron chi connectivity index (χ3n) is 2.71. The Kier molecular flexibility index (Phi) is 4.37. The molecule has 2 aromatic carbocycles. The Bertz CT molecular complexity index is 660. The summed E-state index contributed by atoms with van der Waals surface area (Å²) in [6, 6.07) is 9.83. The number of para-hydroxylation sites is 1. The summed E-state index contributed by atoms with van der Waals surface area (Å²) in [6.45, 7) is 0. The van der Waals surface area contributed by atoms with Crippen LogP contribution >= 0.6 is 23.2 Å². The zero-order chi connectivity index (χ0) is 14.7. The maximum atomic E-state index is 12.1. The Morgan fingerprint density at radius 1 is 1.20 bits per heavy atom.